The molecule has 2 aromatic heterocycles. The van der Waals surface area contributed by atoms with Gasteiger partial charge in [0.25, 0.3) is 0 Å². The summed E-state index contributed by atoms with van der Waals surface area (Å²) in [4.78, 5) is 13.2. The Morgan fingerprint density at radius 1 is 1.24 bits per heavy atom. The van der Waals surface area contributed by atoms with E-state index in [0.717, 1.165) is 25.9 Å². The number of hydrogen-bond donors (Lipinski definition) is 1. The summed E-state index contributed by atoms with van der Waals surface area (Å²) in [5.74, 6) is 0.644. The number of aryl methyl sites for hydroxylation is 1. The SMILES string of the molecule is Cc1ccc(CNc2nc(Cl)nc3c2ncn3C2CCCCO2)cc1. The molecule has 3 aromatic rings. The van der Waals surface area contributed by atoms with Crippen LogP contribution < -0.4 is 5.32 Å². The lowest BCUT2D eigenvalue weighted by molar-refractivity contribution is -0.0298. The second-order valence-electron chi connectivity index (χ2n) is 6.33. The Balaban J connectivity index is 1.62. The first kappa shape index (κ1) is 16.3. The summed E-state index contributed by atoms with van der Waals surface area (Å²) in [6.07, 6.45) is 4.93. The average molecular weight is 358 g/mol. The van der Waals surface area contributed by atoms with Crippen molar-refractivity contribution in [2.75, 3.05) is 11.9 Å². The van der Waals surface area contributed by atoms with Crippen molar-refractivity contribution in [1.29, 1.82) is 0 Å². The third-order valence-corrected chi connectivity index (χ3v) is 4.61. The minimum atomic E-state index is -0.0327. The molecule has 1 N–H and O–H groups in total. The van der Waals surface area contributed by atoms with Crippen LogP contribution in [0, 0.1) is 6.92 Å². The zero-order valence-corrected chi connectivity index (χ0v) is 14.8. The van der Waals surface area contributed by atoms with Crippen LogP contribution in [0.3, 0.4) is 0 Å². The molecular weight excluding hydrogens is 338 g/mol. The normalized spacial score (nSPS) is 17.8. The van der Waals surface area contributed by atoms with Crippen LogP contribution in [0.25, 0.3) is 11.2 Å². The molecule has 1 aliphatic heterocycles. The first-order chi connectivity index (χ1) is 12.2. The van der Waals surface area contributed by atoms with E-state index >= 15 is 0 Å². The van der Waals surface area contributed by atoms with Crippen LogP contribution in [0.4, 0.5) is 5.82 Å². The van der Waals surface area contributed by atoms with Gasteiger partial charge in [-0.05, 0) is 43.4 Å². The van der Waals surface area contributed by atoms with Gasteiger partial charge in [0.05, 0.1) is 6.33 Å². The van der Waals surface area contributed by atoms with E-state index in [2.05, 4.69) is 51.5 Å². The van der Waals surface area contributed by atoms with Gasteiger partial charge < -0.3 is 10.1 Å². The Morgan fingerprint density at radius 2 is 2.08 bits per heavy atom. The highest BCUT2D eigenvalue weighted by Crippen LogP contribution is 2.28. The van der Waals surface area contributed by atoms with E-state index in [-0.39, 0.29) is 11.5 Å². The van der Waals surface area contributed by atoms with Crippen LogP contribution in [-0.4, -0.2) is 26.1 Å². The van der Waals surface area contributed by atoms with Gasteiger partial charge in [-0.1, -0.05) is 29.8 Å². The van der Waals surface area contributed by atoms with Crippen molar-refractivity contribution < 1.29 is 4.74 Å². The van der Waals surface area contributed by atoms with Gasteiger partial charge in [-0.15, -0.1) is 0 Å². The summed E-state index contributed by atoms with van der Waals surface area (Å²) >= 11 is 6.15. The molecule has 130 valence electrons. The Hall–Kier alpha value is -2.18. The lowest BCUT2D eigenvalue weighted by Crippen LogP contribution is -2.17. The van der Waals surface area contributed by atoms with Crippen LogP contribution in [0.15, 0.2) is 30.6 Å². The summed E-state index contributed by atoms with van der Waals surface area (Å²) in [6.45, 7) is 3.49. The molecule has 0 amide bonds. The number of ether oxygens (including phenoxy) is 1. The number of rotatable bonds is 4. The van der Waals surface area contributed by atoms with Crippen LogP contribution in [0.1, 0.15) is 36.6 Å². The second kappa shape index (κ2) is 6.98. The van der Waals surface area contributed by atoms with Crippen molar-refractivity contribution in [3.8, 4) is 0 Å². The van der Waals surface area contributed by atoms with Crippen LogP contribution in [0.2, 0.25) is 5.28 Å². The number of aromatic nitrogens is 4. The molecule has 6 nitrogen and oxygen atoms in total. The molecule has 0 saturated carbocycles. The number of nitrogens with zero attached hydrogens (tertiary/aromatic N) is 4. The highest BCUT2D eigenvalue weighted by molar-refractivity contribution is 6.28. The summed E-state index contributed by atoms with van der Waals surface area (Å²) in [5.41, 5.74) is 3.83. The van der Waals surface area contributed by atoms with Crippen molar-refractivity contribution in [2.24, 2.45) is 0 Å². The Morgan fingerprint density at radius 3 is 2.84 bits per heavy atom. The summed E-state index contributed by atoms with van der Waals surface area (Å²) < 4.78 is 7.81. The molecule has 1 unspecified atom stereocenters. The molecule has 25 heavy (non-hydrogen) atoms. The van der Waals surface area contributed by atoms with Gasteiger partial charge >= 0.3 is 0 Å². The van der Waals surface area contributed by atoms with Gasteiger partial charge in [-0.25, -0.2) is 4.98 Å². The van der Waals surface area contributed by atoms with E-state index in [4.69, 9.17) is 16.3 Å². The fourth-order valence-electron chi connectivity index (χ4n) is 3.06. The maximum atomic E-state index is 6.15. The van der Waals surface area contributed by atoms with Crippen molar-refractivity contribution in [1.82, 2.24) is 19.5 Å². The minimum Gasteiger partial charge on any atom is -0.364 e. The van der Waals surface area contributed by atoms with Crippen molar-refractivity contribution in [3.05, 3.63) is 47.0 Å². The van der Waals surface area contributed by atoms with Crippen LogP contribution >= 0.6 is 11.6 Å². The predicted molar refractivity (Wildman–Crippen MR) is 97.7 cm³/mol. The fourth-order valence-corrected chi connectivity index (χ4v) is 3.22. The molecule has 1 fully saturated rings. The fraction of sp³-hybridized carbons (Fsp3) is 0.389. The molecule has 0 aliphatic carbocycles. The standard InChI is InChI=1S/C18H20ClN5O/c1-12-5-7-13(8-6-12)10-20-16-15-17(23-18(19)22-16)24(11-21-15)14-4-2-3-9-25-14/h5-8,11,14H,2-4,9-10H2,1H3,(H,20,22,23). The number of hydrogen-bond acceptors (Lipinski definition) is 5. The molecule has 1 atom stereocenters. The first-order valence-corrected chi connectivity index (χ1v) is 8.89. The smallest absolute Gasteiger partial charge is 0.226 e. The quantitative estimate of drug-likeness (QED) is 0.712. The van der Waals surface area contributed by atoms with Gasteiger partial charge in [0.1, 0.15) is 6.23 Å². The summed E-state index contributed by atoms with van der Waals surface area (Å²) in [7, 11) is 0. The topological polar surface area (TPSA) is 64.9 Å². The number of halogens is 1. The van der Waals surface area contributed by atoms with Gasteiger partial charge in [0.15, 0.2) is 17.0 Å². The van der Waals surface area contributed by atoms with E-state index in [9.17, 15) is 0 Å². The maximum absolute atomic E-state index is 6.15. The molecule has 0 spiro atoms. The number of fused-ring (bicyclic) bond motifs is 1. The second-order valence-corrected chi connectivity index (χ2v) is 6.66. The minimum absolute atomic E-state index is 0.0327. The molecular formula is C18H20ClN5O. The highest BCUT2D eigenvalue weighted by atomic mass is 35.5. The van der Waals surface area contributed by atoms with Gasteiger partial charge in [-0.2, -0.15) is 9.97 Å². The first-order valence-electron chi connectivity index (χ1n) is 8.52. The molecule has 1 saturated heterocycles. The van der Waals surface area contributed by atoms with Crippen LogP contribution in [0.5, 0.6) is 0 Å². The predicted octanol–water partition coefficient (Wildman–Crippen LogP) is 4.10. The Bertz CT molecular complexity index is 871. The van der Waals surface area contributed by atoms with E-state index in [0.29, 0.717) is 23.5 Å². The van der Waals surface area contributed by atoms with Crippen molar-refractivity contribution >= 4 is 28.6 Å². The van der Waals surface area contributed by atoms with Crippen molar-refractivity contribution in [2.45, 2.75) is 39.0 Å². The maximum Gasteiger partial charge on any atom is 0.226 e. The van der Waals surface area contributed by atoms with E-state index in [1.165, 1.54) is 11.1 Å². The molecule has 0 radical (unpaired) electrons. The number of anilines is 1. The van der Waals surface area contributed by atoms with Gasteiger partial charge in [0, 0.05) is 13.2 Å². The molecule has 3 heterocycles. The monoisotopic (exact) mass is 357 g/mol. The molecule has 4 rings (SSSR count). The molecule has 7 heteroatoms. The zero-order valence-electron chi connectivity index (χ0n) is 14.1. The highest BCUT2D eigenvalue weighted by Gasteiger charge is 2.21. The molecule has 0 bridgehead atoms. The summed E-state index contributed by atoms with van der Waals surface area (Å²) in [5, 5.41) is 3.53. The van der Waals surface area contributed by atoms with Crippen LogP contribution in [-0.2, 0) is 11.3 Å². The summed E-state index contributed by atoms with van der Waals surface area (Å²) in [6, 6.07) is 8.37. The Kier molecular flexibility index (Phi) is 4.55. The molecule has 1 aliphatic rings. The number of imidazole rings is 1. The lowest BCUT2D eigenvalue weighted by Gasteiger charge is -2.23. The zero-order chi connectivity index (χ0) is 17.2. The number of nitrogens with one attached hydrogen (secondary N) is 1. The van der Waals surface area contributed by atoms with E-state index < -0.39 is 0 Å². The average Bonchev–Trinajstić information content (AvgIpc) is 3.05. The van der Waals surface area contributed by atoms with E-state index in [1.54, 1.807) is 6.33 Å². The third-order valence-electron chi connectivity index (χ3n) is 4.44. The number of benzene rings is 1. The van der Waals surface area contributed by atoms with Gasteiger partial charge in [-0.3, -0.25) is 4.57 Å². The lowest BCUT2D eigenvalue weighted by atomic mass is 10.1. The van der Waals surface area contributed by atoms with Crippen molar-refractivity contribution in [3.63, 3.8) is 0 Å². The Labute approximate surface area is 151 Å². The largest absolute Gasteiger partial charge is 0.364 e. The third kappa shape index (κ3) is 3.45. The molecule has 1 aromatic carbocycles. The van der Waals surface area contributed by atoms with E-state index in [1.807, 2.05) is 4.57 Å². The van der Waals surface area contributed by atoms with Gasteiger partial charge in [0.2, 0.25) is 5.28 Å².